The van der Waals surface area contributed by atoms with E-state index >= 15 is 0 Å². The fraction of sp³-hybridized carbons (Fsp3) is 0.600. The average molecular weight is 246 g/mol. The Balaban J connectivity index is 3.72. The molecule has 0 aliphatic heterocycles. The van der Waals surface area contributed by atoms with E-state index in [1.807, 2.05) is 0 Å². The van der Waals surface area contributed by atoms with Crippen LogP contribution >= 0.6 is 11.8 Å². The largest absolute Gasteiger partial charge is 0.480 e. The van der Waals surface area contributed by atoms with Gasteiger partial charge in [0.15, 0.2) is 0 Å². The van der Waals surface area contributed by atoms with Gasteiger partial charge in [-0.05, 0) is 19.1 Å². The van der Waals surface area contributed by atoms with Gasteiger partial charge in [0.05, 0.1) is 5.25 Å². The molecule has 0 heterocycles. The van der Waals surface area contributed by atoms with Crippen LogP contribution in [0.25, 0.3) is 0 Å². The fourth-order valence-corrected chi connectivity index (χ4v) is 1.87. The van der Waals surface area contributed by atoms with E-state index < -0.39 is 12.0 Å². The number of carboxylic acid groups (broad SMARTS) is 1. The fourth-order valence-electron chi connectivity index (χ4n) is 0.887. The first-order valence-corrected chi connectivity index (χ1v) is 6.02. The summed E-state index contributed by atoms with van der Waals surface area (Å²) in [6.45, 7) is 5.71. The Kier molecular flexibility index (Phi) is 7.66. The molecule has 0 aromatic carbocycles. The predicted molar refractivity (Wildman–Crippen MR) is 65.4 cm³/mol. The molecule has 0 saturated heterocycles. The van der Waals surface area contributed by atoms with Crippen molar-refractivity contribution >= 4 is 23.6 Å². The third-order valence-electron chi connectivity index (χ3n) is 1.90. The van der Waals surface area contributed by atoms with Gasteiger partial charge in [0.1, 0.15) is 6.04 Å². The number of rotatable bonds is 8. The Morgan fingerprint density at radius 2 is 2.25 bits per heavy atom. The normalized spacial score (nSPS) is 13.9. The summed E-state index contributed by atoms with van der Waals surface area (Å²) >= 11 is 1.39. The molecule has 0 aromatic heterocycles. The molecule has 0 saturated carbocycles. The van der Waals surface area contributed by atoms with Gasteiger partial charge in [-0.1, -0.05) is 6.08 Å². The highest BCUT2D eigenvalue weighted by molar-refractivity contribution is 8.00. The second kappa shape index (κ2) is 8.18. The highest BCUT2D eigenvalue weighted by Gasteiger charge is 2.15. The van der Waals surface area contributed by atoms with Crippen molar-refractivity contribution in [1.82, 2.24) is 5.32 Å². The highest BCUT2D eigenvalue weighted by Crippen LogP contribution is 2.12. The van der Waals surface area contributed by atoms with Crippen molar-refractivity contribution in [3.8, 4) is 0 Å². The number of amides is 1. The molecule has 92 valence electrons. The van der Waals surface area contributed by atoms with Crippen molar-refractivity contribution < 1.29 is 14.7 Å². The van der Waals surface area contributed by atoms with Crippen LogP contribution < -0.4 is 11.1 Å². The highest BCUT2D eigenvalue weighted by atomic mass is 32.2. The summed E-state index contributed by atoms with van der Waals surface area (Å²) in [7, 11) is 0. The van der Waals surface area contributed by atoms with Crippen LogP contribution in [0, 0.1) is 0 Å². The third kappa shape index (κ3) is 6.47. The zero-order chi connectivity index (χ0) is 12.6. The number of carboxylic acids is 1. The van der Waals surface area contributed by atoms with Gasteiger partial charge in [-0.15, -0.1) is 18.3 Å². The van der Waals surface area contributed by atoms with E-state index in [0.717, 1.165) is 0 Å². The van der Waals surface area contributed by atoms with Crippen LogP contribution in [-0.2, 0) is 9.59 Å². The standard InChI is InChI=1S/C10H18N2O3S/c1-3-5-12-9(13)7(2)16-6-4-8(11)10(14)15/h3,7-8H,1,4-6,11H2,2H3,(H,12,13)(H,14,15). The van der Waals surface area contributed by atoms with E-state index in [-0.39, 0.29) is 11.2 Å². The summed E-state index contributed by atoms with van der Waals surface area (Å²) in [5.74, 6) is -0.533. The summed E-state index contributed by atoms with van der Waals surface area (Å²) in [5, 5.41) is 11.0. The van der Waals surface area contributed by atoms with E-state index in [2.05, 4.69) is 11.9 Å². The molecule has 0 fully saturated rings. The Morgan fingerprint density at radius 1 is 1.62 bits per heavy atom. The van der Waals surface area contributed by atoms with E-state index in [4.69, 9.17) is 10.8 Å². The summed E-state index contributed by atoms with van der Waals surface area (Å²) in [4.78, 5) is 21.8. The molecule has 0 aromatic rings. The first kappa shape index (κ1) is 15.0. The monoisotopic (exact) mass is 246 g/mol. The molecule has 1 amide bonds. The van der Waals surface area contributed by atoms with Gasteiger partial charge in [0.25, 0.3) is 0 Å². The van der Waals surface area contributed by atoms with Crippen LogP contribution in [0.4, 0.5) is 0 Å². The predicted octanol–water partition coefficient (Wildman–Crippen LogP) is 0.212. The lowest BCUT2D eigenvalue weighted by molar-refractivity contribution is -0.138. The number of hydrogen-bond acceptors (Lipinski definition) is 4. The van der Waals surface area contributed by atoms with Crippen LogP contribution in [0.15, 0.2) is 12.7 Å². The molecular weight excluding hydrogens is 228 g/mol. The Hall–Kier alpha value is -1.01. The van der Waals surface area contributed by atoms with E-state index in [0.29, 0.717) is 18.7 Å². The quantitative estimate of drug-likeness (QED) is 0.532. The number of carbonyl (C=O) groups excluding carboxylic acids is 1. The molecule has 2 atom stereocenters. The van der Waals surface area contributed by atoms with Gasteiger partial charge in [0, 0.05) is 6.54 Å². The lowest BCUT2D eigenvalue weighted by Crippen LogP contribution is -2.33. The van der Waals surface area contributed by atoms with Gasteiger partial charge in [-0.2, -0.15) is 0 Å². The van der Waals surface area contributed by atoms with Gasteiger partial charge in [-0.3, -0.25) is 9.59 Å². The molecule has 4 N–H and O–H groups in total. The molecular formula is C10H18N2O3S. The first-order chi connectivity index (χ1) is 7.49. The minimum absolute atomic E-state index is 0.0752. The molecule has 5 nitrogen and oxygen atoms in total. The lowest BCUT2D eigenvalue weighted by Gasteiger charge is -2.11. The summed E-state index contributed by atoms with van der Waals surface area (Å²) in [5.41, 5.74) is 5.33. The molecule has 6 heteroatoms. The molecule has 0 aliphatic rings. The number of carbonyl (C=O) groups is 2. The van der Waals surface area contributed by atoms with Crippen molar-refractivity contribution in [3.05, 3.63) is 12.7 Å². The van der Waals surface area contributed by atoms with Crippen LogP contribution in [-0.4, -0.2) is 40.6 Å². The topological polar surface area (TPSA) is 92.4 Å². The van der Waals surface area contributed by atoms with Crippen LogP contribution in [0.3, 0.4) is 0 Å². The van der Waals surface area contributed by atoms with Gasteiger partial charge in [0.2, 0.25) is 5.91 Å². The van der Waals surface area contributed by atoms with E-state index in [9.17, 15) is 9.59 Å². The van der Waals surface area contributed by atoms with Crippen LogP contribution in [0.5, 0.6) is 0 Å². The minimum atomic E-state index is -1.01. The number of nitrogens with one attached hydrogen (secondary N) is 1. The smallest absolute Gasteiger partial charge is 0.320 e. The van der Waals surface area contributed by atoms with Crippen LogP contribution in [0.2, 0.25) is 0 Å². The second-order valence-electron chi connectivity index (χ2n) is 3.28. The van der Waals surface area contributed by atoms with Gasteiger partial charge in [-0.25, -0.2) is 0 Å². The van der Waals surface area contributed by atoms with Crippen LogP contribution in [0.1, 0.15) is 13.3 Å². The zero-order valence-electron chi connectivity index (χ0n) is 9.31. The number of hydrogen-bond donors (Lipinski definition) is 3. The van der Waals surface area contributed by atoms with Gasteiger partial charge < -0.3 is 16.2 Å². The third-order valence-corrected chi connectivity index (χ3v) is 3.09. The van der Waals surface area contributed by atoms with Crippen molar-refractivity contribution in [1.29, 1.82) is 0 Å². The number of nitrogens with two attached hydrogens (primary N) is 1. The minimum Gasteiger partial charge on any atom is -0.480 e. The maximum Gasteiger partial charge on any atom is 0.320 e. The van der Waals surface area contributed by atoms with E-state index in [1.54, 1.807) is 13.0 Å². The van der Waals surface area contributed by atoms with Crippen molar-refractivity contribution in [3.63, 3.8) is 0 Å². The molecule has 0 radical (unpaired) electrons. The maximum atomic E-state index is 11.4. The molecule has 16 heavy (non-hydrogen) atoms. The lowest BCUT2D eigenvalue weighted by atomic mass is 10.2. The summed E-state index contributed by atoms with van der Waals surface area (Å²) < 4.78 is 0. The molecule has 0 bridgehead atoms. The zero-order valence-corrected chi connectivity index (χ0v) is 10.1. The number of thioether (sulfide) groups is 1. The Bertz CT molecular complexity index is 258. The van der Waals surface area contributed by atoms with Crippen molar-refractivity contribution in [2.45, 2.75) is 24.6 Å². The molecule has 0 spiro atoms. The summed E-state index contributed by atoms with van der Waals surface area (Å²) in [6.07, 6.45) is 1.97. The van der Waals surface area contributed by atoms with Crippen molar-refractivity contribution in [2.75, 3.05) is 12.3 Å². The van der Waals surface area contributed by atoms with E-state index in [1.165, 1.54) is 11.8 Å². The SMILES string of the molecule is C=CCNC(=O)C(C)SCCC(N)C(=O)O. The molecule has 0 aliphatic carbocycles. The summed E-state index contributed by atoms with van der Waals surface area (Å²) in [6, 6.07) is -0.851. The molecule has 2 unspecified atom stereocenters. The van der Waals surface area contributed by atoms with Gasteiger partial charge >= 0.3 is 5.97 Å². The Labute approximate surface area is 99.5 Å². The maximum absolute atomic E-state index is 11.4. The Morgan fingerprint density at radius 3 is 2.75 bits per heavy atom. The van der Waals surface area contributed by atoms with Crippen molar-refractivity contribution in [2.24, 2.45) is 5.73 Å². The molecule has 0 rings (SSSR count). The first-order valence-electron chi connectivity index (χ1n) is 4.97. The average Bonchev–Trinajstić information content (AvgIpc) is 2.25. The second-order valence-corrected chi connectivity index (χ2v) is 4.73. The number of aliphatic carboxylic acids is 1.